The smallest absolute Gasteiger partial charge is 0.102 e. The second kappa shape index (κ2) is 2.17. The molecule has 1 N–H and O–H groups in total. The number of nitrogens with zero attached hydrogens (tertiary/aromatic N) is 1. The van der Waals surface area contributed by atoms with Gasteiger partial charge in [0.05, 0.1) is 0 Å². The van der Waals surface area contributed by atoms with Crippen molar-refractivity contribution in [1.82, 2.24) is 10.2 Å². The maximum Gasteiger partial charge on any atom is 0.102 e. The number of alkyl halides is 1. The monoisotopic (exact) mass is 144 g/mol. The van der Waals surface area contributed by atoms with E-state index in [0.29, 0.717) is 12.0 Å². The first kappa shape index (κ1) is 6.55. The number of likely N-dealkylation sites (tertiary alicyclic amines) is 1. The Bertz CT molecular complexity index is 126. The highest BCUT2D eigenvalue weighted by atomic mass is 19.1. The molecular weight excluding hydrogens is 131 g/mol. The molecular formula is C7H13FN2. The molecule has 3 heteroatoms. The summed E-state index contributed by atoms with van der Waals surface area (Å²) >= 11 is 0. The van der Waals surface area contributed by atoms with E-state index >= 15 is 0 Å². The first-order valence-electron chi connectivity index (χ1n) is 3.84. The van der Waals surface area contributed by atoms with E-state index in [4.69, 9.17) is 0 Å². The Hall–Kier alpha value is -0.150. The van der Waals surface area contributed by atoms with Crippen molar-refractivity contribution in [3.8, 4) is 0 Å². The van der Waals surface area contributed by atoms with Gasteiger partial charge < -0.3 is 5.32 Å². The van der Waals surface area contributed by atoms with Crippen LogP contribution < -0.4 is 5.32 Å². The Balaban J connectivity index is 1.72. The molecule has 0 bridgehead atoms. The quantitative estimate of drug-likeness (QED) is 0.580. The van der Waals surface area contributed by atoms with Crippen LogP contribution in [0.3, 0.4) is 0 Å². The van der Waals surface area contributed by atoms with Gasteiger partial charge in [-0.2, -0.15) is 0 Å². The number of hydrogen-bond acceptors (Lipinski definition) is 2. The third-order valence-corrected chi connectivity index (χ3v) is 2.52. The zero-order valence-electron chi connectivity index (χ0n) is 6.07. The van der Waals surface area contributed by atoms with Crippen molar-refractivity contribution >= 4 is 0 Å². The summed E-state index contributed by atoms with van der Waals surface area (Å²) in [6, 6.07) is 0. The molecule has 0 aromatic rings. The minimum absolute atomic E-state index is 0.191. The number of halogens is 1. The molecule has 10 heavy (non-hydrogen) atoms. The topological polar surface area (TPSA) is 15.3 Å². The van der Waals surface area contributed by atoms with Crippen molar-refractivity contribution in [1.29, 1.82) is 0 Å². The number of nitrogens with one attached hydrogen (secondary N) is 1. The maximum atomic E-state index is 11.8. The molecule has 0 saturated carbocycles. The average Bonchev–Trinajstić information content (AvgIpc) is 1.72. The van der Waals surface area contributed by atoms with E-state index in [1.165, 1.54) is 0 Å². The molecule has 0 radical (unpaired) electrons. The number of rotatable bonds is 2. The standard InChI is InChI=1S/C7H13FN2/c8-1-2-10-5-7(6-10)3-9-4-7/h9H,1-6H2. The predicted octanol–water partition coefficient (Wildman–Crippen LogP) is -0.139. The first-order chi connectivity index (χ1) is 4.85. The average molecular weight is 144 g/mol. The van der Waals surface area contributed by atoms with Crippen molar-refractivity contribution in [2.45, 2.75) is 0 Å². The molecule has 1 spiro atoms. The van der Waals surface area contributed by atoms with Gasteiger partial charge >= 0.3 is 0 Å². The van der Waals surface area contributed by atoms with Crippen LogP contribution in [0.2, 0.25) is 0 Å². The van der Waals surface area contributed by atoms with E-state index in [9.17, 15) is 4.39 Å². The van der Waals surface area contributed by atoms with Gasteiger partial charge in [-0.05, 0) is 0 Å². The van der Waals surface area contributed by atoms with Crippen LogP contribution in [0.5, 0.6) is 0 Å². The van der Waals surface area contributed by atoms with Gasteiger partial charge in [0.2, 0.25) is 0 Å². The summed E-state index contributed by atoms with van der Waals surface area (Å²) in [4.78, 5) is 2.18. The van der Waals surface area contributed by atoms with E-state index in [1.807, 2.05) is 0 Å². The van der Waals surface area contributed by atoms with Crippen molar-refractivity contribution in [3.05, 3.63) is 0 Å². The minimum Gasteiger partial charge on any atom is -0.315 e. The molecule has 0 amide bonds. The van der Waals surface area contributed by atoms with Crippen LogP contribution in [-0.2, 0) is 0 Å². The normalized spacial score (nSPS) is 29.7. The summed E-state index contributed by atoms with van der Waals surface area (Å²) in [6.07, 6.45) is 0. The Morgan fingerprint density at radius 2 is 2.10 bits per heavy atom. The third kappa shape index (κ3) is 0.847. The van der Waals surface area contributed by atoms with Crippen LogP contribution >= 0.6 is 0 Å². The molecule has 0 atom stereocenters. The summed E-state index contributed by atoms with van der Waals surface area (Å²) in [5, 5.41) is 3.25. The van der Waals surface area contributed by atoms with E-state index in [2.05, 4.69) is 10.2 Å². The second-order valence-corrected chi connectivity index (χ2v) is 3.50. The highest BCUT2D eigenvalue weighted by Crippen LogP contribution is 2.33. The Morgan fingerprint density at radius 3 is 2.50 bits per heavy atom. The van der Waals surface area contributed by atoms with Crippen LogP contribution in [0, 0.1) is 5.41 Å². The van der Waals surface area contributed by atoms with Gasteiger partial charge in [0.25, 0.3) is 0 Å². The SMILES string of the molecule is FCCN1CC2(CNC2)C1. The third-order valence-electron chi connectivity index (χ3n) is 2.52. The largest absolute Gasteiger partial charge is 0.315 e. The van der Waals surface area contributed by atoms with E-state index in [-0.39, 0.29) is 6.67 Å². The lowest BCUT2D eigenvalue weighted by atomic mass is 9.74. The van der Waals surface area contributed by atoms with Crippen LogP contribution in [0.25, 0.3) is 0 Å². The summed E-state index contributed by atoms with van der Waals surface area (Å²) in [5.41, 5.74) is 0.565. The van der Waals surface area contributed by atoms with Gasteiger partial charge in [-0.3, -0.25) is 4.90 Å². The molecule has 2 rings (SSSR count). The molecule has 2 aliphatic rings. The van der Waals surface area contributed by atoms with Crippen LogP contribution in [-0.4, -0.2) is 44.3 Å². The van der Waals surface area contributed by atoms with E-state index in [1.54, 1.807) is 0 Å². The molecule has 0 unspecified atom stereocenters. The zero-order valence-corrected chi connectivity index (χ0v) is 6.07. The summed E-state index contributed by atoms with van der Waals surface area (Å²) in [5.74, 6) is 0. The Labute approximate surface area is 60.4 Å². The van der Waals surface area contributed by atoms with Crippen molar-refractivity contribution in [2.24, 2.45) is 5.41 Å². The van der Waals surface area contributed by atoms with Gasteiger partial charge in [-0.1, -0.05) is 0 Å². The van der Waals surface area contributed by atoms with Gasteiger partial charge in [0, 0.05) is 38.1 Å². The fraction of sp³-hybridized carbons (Fsp3) is 1.00. The summed E-state index contributed by atoms with van der Waals surface area (Å²) in [7, 11) is 0. The molecule has 0 aliphatic carbocycles. The van der Waals surface area contributed by atoms with Gasteiger partial charge in [-0.15, -0.1) is 0 Å². The van der Waals surface area contributed by atoms with Crippen LogP contribution in [0.15, 0.2) is 0 Å². The Morgan fingerprint density at radius 1 is 1.40 bits per heavy atom. The lowest BCUT2D eigenvalue weighted by Gasteiger charge is -2.56. The summed E-state index contributed by atoms with van der Waals surface area (Å²) < 4.78 is 11.8. The Kier molecular flexibility index (Phi) is 1.42. The zero-order chi connectivity index (χ0) is 7.03. The summed E-state index contributed by atoms with van der Waals surface area (Å²) in [6.45, 7) is 4.98. The van der Waals surface area contributed by atoms with Gasteiger partial charge in [0.15, 0.2) is 0 Å². The molecule has 2 nitrogen and oxygen atoms in total. The lowest BCUT2D eigenvalue weighted by Crippen LogP contribution is -2.71. The van der Waals surface area contributed by atoms with E-state index < -0.39 is 0 Å². The molecule has 0 aromatic carbocycles. The first-order valence-corrected chi connectivity index (χ1v) is 3.84. The molecule has 2 saturated heterocycles. The van der Waals surface area contributed by atoms with Crippen LogP contribution in [0.4, 0.5) is 4.39 Å². The second-order valence-electron chi connectivity index (χ2n) is 3.50. The molecule has 2 fully saturated rings. The van der Waals surface area contributed by atoms with Crippen molar-refractivity contribution in [3.63, 3.8) is 0 Å². The lowest BCUT2D eigenvalue weighted by molar-refractivity contribution is -0.0412. The highest BCUT2D eigenvalue weighted by molar-refractivity contribution is 5.03. The molecule has 2 heterocycles. The molecule has 0 aromatic heterocycles. The molecule has 2 aliphatic heterocycles. The van der Waals surface area contributed by atoms with Crippen LogP contribution in [0.1, 0.15) is 0 Å². The minimum atomic E-state index is -0.191. The fourth-order valence-corrected chi connectivity index (χ4v) is 1.88. The van der Waals surface area contributed by atoms with Gasteiger partial charge in [0.1, 0.15) is 6.67 Å². The highest BCUT2D eigenvalue weighted by Gasteiger charge is 2.46. The maximum absolute atomic E-state index is 11.8. The predicted molar refractivity (Wildman–Crippen MR) is 37.7 cm³/mol. The van der Waals surface area contributed by atoms with E-state index in [0.717, 1.165) is 26.2 Å². The molecule has 58 valence electrons. The van der Waals surface area contributed by atoms with Gasteiger partial charge in [-0.25, -0.2) is 4.39 Å². The number of hydrogen-bond donors (Lipinski definition) is 1. The van der Waals surface area contributed by atoms with Crippen molar-refractivity contribution in [2.75, 3.05) is 39.4 Å². The fourth-order valence-electron chi connectivity index (χ4n) is 1.88. The van der Waals surface area contributed by atoms with Crippen molar-refractivity contribution < 1.29 is 4.39 Å².